The number of aromatic nitrogens is 3. The van der Waals surface area contributed by atoms with Gasteiger partial charge in [0.2, 0.25) is 5.91 Å². The molecule has 30 heavy (non-hydrogen) atoms. The summed E-state index contributed by atoms with van der Waals surface area (Å²) in [6.07, 6.45) is 1.62. The predicted molar refractivity (Wildman–Crippen MR) is 121 cm³/mol. The van der Waals surface area contributed by atoms with E-state index in [1.54, 1.807) is 29.7 Å². The van der Waals surface area contributed by atoms with Gasteiger partial charge in [-0.3, -0.25) is 14.2 Å². The van der Waals surface area contributed by atoms with Gasteiger partial charge in [-0.1, -0.05) is 17.8 Å². The Hall–Kier alpha value is -2.82. The fourth-order valence-corrected chi connectivity index (χ4v) is 5.05. The second kappa shape index (κ2) is 8.90. The van der Waals surface area contributed by atoms with Crippen molar-refractivity contribution in [3.8, 4) is 11.3 Å². The summed E-state index contributed by atoms with van der Waals surface area (Å²) in [6, 6.07) is 7.75. The first-order valence-corrected chi connectivity index (χ1v) is 11.5. The van der Waals surface area contributed by atoms with Gasteiger partial charge in [-0.15, -0.1) is 29.3 Å². The molecule has 3 heterocycles. The summed E-state index contributed by atoms with van der Waals surface area (Å²) in [5.41, 5.74) is 1.28. The minimum absolute atomic E-state index is 0.0753. The number of thiazole rings is 1. The Morgan fingerprint density at radius 2 is 2.03 bits per heavy atom. The van der Waals surface area contributed by atoms with E-state index in [0.717, 1.165) is 5.56 Å². The maximum atomic E-state index is 13.1. The van der Waals surface area contributed by atoms with E-state index >= 15 is 0 Å². The molecule has 0 bridgehead atoms. The Balaban J connectivity index is 1.45. The zero-order valence-corrected chi connectivity index (χ0v) is 18.0. The summed E-state index contributed by atoms with van der Waals surface area (Å²) in [6.45, 7) is 4.00. The van der Waals surface area contributed by atoms with E-state index in [9.17, 15) is 14.0 Å². The first kappa shape index (κ1) is 20.5. The lowest BCUT2D eigenvalue weighted by Gasteiger charge is -2.09. The van der Waals surface area contributed by atoms with E-state index in [1.165, 1.54) is 51.1 Å². The molecule has 0 spiro atoms. The molecule has 0 saturated heterocycles. The summed E-state index contributed by atoms with van der Waals surface area (Å²) in [5.74, 6) is -0.499. The molecule has 0 atom stereocenters. The highest BCUT2D eigenvalue weighted by Gasteiger charge is 2.14. The molecule has 0 fully saturated rings. The maximum Gasteiger partial charge on any atom is 0.263 e. The van der Waals surface area contributed by atoms with Crippen molar-refractivity contribution in [3.63, 3.8) is 0 Å². The smallest absolute Gasteiger partial charge is 0.263 e. The molecule has 10 heteroatoms. The van der Waals surface area contributed by atoms with Crippen molar-refractivity contribution in [2.45, 2.75) is 11.7 Å². The quantitative estimate of drug-likeness (QED) is 0.248. The van der Waals surface area contributed by atoms with Crippen LogP contribution in [-0.2, 0) is 11.3 Å². The summed E-state index contributed by atoms with van der Waals surface area (Å²) >= 11 is 3.86. The number of anilines is 1. The van der Waals surface area contributed by atoms with Crippen molar-refractivity contribution < 1.29 is 9.18 Å². The highest BCUT2D eigenvalue weighted by atomic mass is 32.2. The fraction of sp³-hybridized carbons (Fsp3) is 0.100. The number of halogens is 1. The molecule has 6 nitrogen and oxygen atoms in total. The molecule has 0 aliphatic carbocycles. The van der Waals surface area contributed by atoms with Crippen LogP contribution in [0.3, 0.4) is 0 Å². The minimum atomic E-state index is -0.316. The van der Waals surface area contributed by atoms with Gasteiger partial charge in [-0.25, -0.2) is 14.4 Å². The highest BCUT2D eigenvalue weighted by molar-refractivity contribution is 7.99. The Labute approximate surface area is 183 Å². The second-order valence-corrected chi connectivity index (χ2v) is 8.82. The van der Waals surface area contributed by atoms with Crippen molar-refractivity contribution in [1.29, 1.82) is 0 Å². The topological polar surface area (TPSA) is 76.9 Å². The molecule has 4 aromatic rings. The van der Waals surface area contributed by atoms with Crippen molar-refractivity contribution in [2.75, 3.05) is 11.1 Å². The summed E-state index contributed by atoms with van der Waals surface area (Å²) in [7, 11) is 0. The van der Waals surface area contributed by atoms with Crippen LogP contribution in [0.25, 0.3) is 21.5 Å². The van der Waals surface area contributed by atoms with E-state index in [4.69, 9.17) is 0 Å². The fourth-order valence-electron chi connectivity index (χ4n) is 2.70. The van der Waals surface area contributed by atoms with Gasteiger partial charge in [0, 0.05) is 17.5 Å². The molecule has 0 unspecified atom stereocenters. The number of allylic oxidation sites excluding steroid dienone is 1. The summed E-state index contributed by atoms with van der Waals surface area (Å²) < 4.78 is 14.6. The average molecular weight is 459 g/mol. The lowest BCUT2D eigenvalue weighted by molar-refractivity contribution is -0.113. The van der Waals surface area contributed by atoms with E-state index in [2.05, 4.69) is 21.9 Å². The Morgan fingerprint density at radius 3 is 2.80 bits per heavy atom. The van der Waals surface area contributed by atoms with Crippen LogP contribution in [0.5, 0.6) is 0 Å². The molecule has 1 amide bonds. The molecule has 0 aliphatic rings. The van der Waals surface area contributed by atoms with Crippen LogP contribution in [0.4, 0.5) is 9.52 Å². The van der Waals surface area contributed by atoms with Crippen LogP contribution in [-0.4, -0.2) is 26.2 Å². The van der Waals surface area contributed by atoms with Crippen LogP contribution < -0.4 is 10.9 Å². The van der Waals surface area contributed by atoms with Gasteiger partial charge in [0.05, 0.1) is 16.8 Å². The Morgan fingerprint density at radius 1 is 1.23 bits per heavy atom. The summed E-state index contributed by atoms with van der Waals surface area (Å²) in [4.78, 5) is 34.6. The normalized spacial score (nSPS) is 11.0. The van der Waals surface area contributed by atoms with Gasteiger partial charge >= 0.3 is 0 Å². The highest BCUT2D eigenvalue weighted by Crippen LogP contribution is 2.26. The molecule has 1 aromatic carbocycles. The molecule has 1 N–H and O–H groups in total. The number of rotatable bonds is 7. The van der Waals surface area contributed by atoms with Crippen molar-refractivity contribution in [1.82, 2.24) is 14.5 Å². The number of benzene rings is 1. The van der Waals surface area contributed by atoms with Gasteiger partial charge in [-0.05, 0) is 35.7 Å². The summed E-state index contributed by atoms with van der Waals surface area (Å²) in [5, 5.41) is 7.85. The molecule has 152 valence electrons. The lowest BCUT2D eigenvalue weighted by atomic mass is 10.2. The largest absolute Gasteiger partial charge is 0.301 e. The van der Waals surface area contributed by atoms with E-state index in [0.29, 0.717) is 32.7 Å². The second-order valence-electron chi connectivity index (χ2n) is 6.12. The number of fused-ring (bicyclic) bond motifs is 1. The maximum absolute atomic E-state index is 13.1. The van der Waals surface area contributed by atoms with Crippen LogP contribution >= 0.6 is 34.4 Å². The zero-order chi connectivity index (χ0) is 21.1. The number of nitrogens with one attached hydrogen (secondary N) is 1. The SMILES string of the molecule is C=CCn1c(SCC(=O)Nc2nc(-c3ccc(F)cc3)cs2)nc2sccc2c1=O. The first-order valence-electron chi connectivity index (χ1n) is 8.78. The molecule has 4 rings (SSSR count). The molecule has 0 aliphatic heterocycles. The van der Waals surface area contributed by atoms with Crippen molar-refractivity contribution in [2.24, 2.45) is 0 Å². The van der Waals surface area contributed by atoms with Gasteiger partial charge in [-0.2, -0.15) is 0 Å². The predicted octanol–water partition coefficient (Wildman–Crippen LogP) is 4.64. The van der Waals surface area contributed by atoms with Gasteiger partial charge in [0.15, 0.2) is 10.3 Å². The van der Waals surface area contributed by atoms with E-state index in [1.807, 2.05) is 5.38 Å². The lowest BCUT2D eigenvalue weighted by Crippen LogP contribution is -2.23. The average Bonchev–Trinajstić information content (AvgIpc) is 3.39. The van der Waals surface area contributed by atoms with Gasteiger partial charge in [0.1, 0.15) is 10.6 Å². The standard InChI is InChI=1S/C20H15FN4O2S3/c1-2-8-25-18(27)14-7-9-28-17(14)24-20(25)30-11-16(26)23-19-22-15(10-29-19)12-3-5-13(21)6-4-12/h2-7,9-10H,1,8,11H2,(H,22,23,26). The number of amides is 1. The monoisotopic (exact) mass is 458 g/mol. The molecular weight excluding hydrogens is 443 g/mol. The van der Waals surface area contributed by atoms with Crippen molar-refractivity contribution in [3.05, 3.63) is 69.9 Å². The number of hydrogen-bond donors (Lipinski definition) is 1. The molecule has 3 aromatic heterocycles. The van der Waals surface area contributed by atoms with Crippen LogP contribution in [0.2, 0.25) is 0 Å². The number of thiophene rings is 1. The van der Waals surface area contributed by atoms with Gasteiger partial charge < -0.3 is 5.32 Å². The third-order valence-electron chi connectivity index (χ3n) is 4.08. The van der Waals surface area contributed by atoms with Crippen molar-refractivity contribution >= 4 is 55.7 Å². The van der Waals surface area contributed by atoms with Gasteiger partial charge in [0.25, 0.3) is 5.56 Å². The van der Waals surface area contributed by atoms with E-state index in [-0.39, 0.29) is 23.0 Å². The number of hydrogen-bond acceptors (Lipinski definition) is 7. The molecular formula is C20H15FN4O2S3. The minimum Gasteiger partial charge on any atom is -0.301 e. The third-order valence-corrected chi connectivity index (χ3v) is 6.62. The number of carbonyl (C=O) groups excluding carboxylic acids is 1. The molecule has 0 radical (unpaired) electrons. The third kappa shape index (κ3) is 4.35. The van der Waals surface area contributed by atoms with E-state index < -0.39 is 0 Å². The van der Waals surface area contributed by atoms with Crippen LogP contribution in [0.1, 0.15) is 0 Å². The molecule has 0 saturated carbocycles. The number of thioether (sulfide) groups is 1. The Kier molecular flexibility index (Phi) is 6.07. The Bertz CT molecular complexity index is 1280. The van der Waals surface area contributed by atoms with Crippen LogP contribution in [0.15, 0.2) is 63.7 Å². The number of carbonyl (C=O) groups is 1. The number of nitrogens with zero attached hydrogens (tertiary/aromatic N) is 3. The first-order chi connectivity index (χ1) is 14.5. The van der Waals surface area contributed by atoms with Crippen LogP contribution in [0, 0.1) is 5.82 Å². The zero-order valence-electron chi connectivity index (χ0n) is 15.5.